The molecule has 0 spiro atoms. The van der Waals surface area contributed by atoms with E-state index in [2.05, 4.69) is 301 Å². The lowest BCUT2D eigenvalue weighted by Crippen LogP contribution is -2.32. The highest BCUT2D eigenvalue weighted by Gasteiger charge is 2.30. The van der Waals surface area contributed by atoms with Gasteiger partial charge in [-0.3, -0.25) is 0 Å². The lowest BCUT2D eigenvalue weighted by atomic mass is 9.74. The van der Waals surface area contributed by atoms with Crippen LogP contribution < -0.4 is 0 Å². The van der Waals surface area contributed by atoms with E-state index in [1.54, 1.807) is 22.3 Å². The maximum absolute atomic E-state index is 8.33. The summed E-state index contributed by atoms with van der Waals surface area (Å²) in [6.07, 6.45) is 0. The van der Waals surface area contributed by atoms with Crippen LogP contribution in [0.15, 0.2) is 78.9 Å². The normalized spacial score (nSPS) is 13.3. The van der Waals surface area contributed by atoms with Crippen LogP contribution in [0.2, 0.25) is 24.7 Å². The SMILES string of the molecule is CC(C)(C)C#N.CC(C)(C)[Si](C)(C)C.CC(C)(C)c1ccccc1.CC(C)C.CC(C)c1cc(C(C)C)c(C(C)(C)C)c(C(C)C)c1.CC(C)c1cccc(C(C)C)c1C(C)(C)C.[2H]C(C)(C)C.[2H]C(C)(C)C(C)(C)C.[2H]C(C)(C)c1cccc(C([2H])(C)C)c1C(C)(C)C. The molecular formula is C88H161NSi. The fourth-order valence-corrected chi connectivity index (χ4v) is 8.37. The average Bonchev–Trinajstić information content (AvgIpc) is 0.783. The highest BCUT2D eigenvalue weighted by molar-refractivity contribution is 6.78. The zero-order valence-electron chi connectivity index (χ0n) is 73.4. The largest absolute Gasteiger partial charge is 0.198 e. The minimum absolute atomic E-state index is 0.0530. The summed E-state index contributed by atoms with van der Waals surface area (Å²) in [6.45, 7) is 99.9. The van der Waals surface area contributed by atoms with Crippen LogP contribution in [-0.2, 0) is 21.7 Å². The number of hydrogen-bond donors (Lipinski definition) is 0. The van der Waals surface area contributed by atoms with E-state index in [1.165, 1.54) is 22.3 Å². The molecular weight excluding hydrogens is 1100 g/mol. The zero-order chi connectivity index (χ0) is 76.7. The summed E-state index contributed by atoms with van der Waals surface area (Å²) in [5.41, 5.74) is 16.0. The molecule has 0 unspecified atom stereocenters. The summed E-state index contributed by atoms with van der Waals surface area (Å²) in [5.74, 6) is 1.99. The molecule has 0 aliphatic heterocycles. The number of nitriles is 1. The van der Waals surface area contributed by atoms with Crippen LogP contribution in [0.5, 0.6) is 0 Å². The van der Waals surface area contributed by atoms with Crippen LogP contribution in [0.1, 0.15) is 406 Å². The molecule has 0 heterocycles. The van der Waals surface area contributed by atoms with Crippen molar-refractivity contribution in [3.05, 3.63) is 140 Å². The first-order valence-electron chi connectivity index (χ1n) is 37.0. The fourth-order valence-electron chi connectivity index (χ4n) is 8.37. The summed E-state index contributed by atoms with van der Waals surface area (Å²) in [6, 6.07) is 30.4. The molecule has 1 nitrogen and oxygen atoms in total. The van der Waals surface area contributed by atoms with Gasteiger partial charge in [0.25, 0.3) is 0 Å². The van der Waals surface area contributed by atoms with E-state index in [1.807, 2.05) is 101 Å². The fraction of sp³-hybridized carbons (Fsp3) is 0.716. The molecule has 4 aromatic rings. The van der Waals surface area contributed by atoms with Gasteiger partial charge in [-0.15, -0.1) is 0 Å². The summed E-state index contributed by atoms with van der Waals surface area (Å²) in [4.78, 5) is 0. The van der Waals surface area contributed by atoms with Gasteiger partial charge in [-0.1, -0.05) is 375 Å². The Morgan fingerprint density at radius 3 is 0.733 bits per heavy atom. The molecule has 2 heteroatoms. The lowest BCUT2D eigenvalue weighted by molar-refractivity contribution is 0.283. The zero-order valence-corrected chi connectivity index (χ0v) is 70.4. The Morgan fingerprint density at radius 2 is 0.578 bits per heavy atom. The second-order valence-corrected chi connectivity index (χ2v) is 43.1. The third-order valence-electron chi connectivity index (χ3n) is 15.6. The van der Waals surface area contributed by atoms with Gasteiger partial charge < -0.3 is 0 Å². The Morgan fingerprint density at radius 1 is 0.356 bits per heavy atom. The third-order valence-corrected chi connectivity index (χ3v) is 20.1. The summed E-state index contributed by atoms with van der Waals surface area (Å²) < 4.78 is 31.2. The quantitative estimate of drug-likeness (QED) is 0.169. The van der Waals surface area contributed by atoms with Crippen molar-refractivity contribution in [3.63, 3.8) is 0 Å². The highest BCUT2D eigenvalue weighted by atomic mass is 28.3. The van der Waals surface area contributed by atoms with Crippen molar-refractivity contribution in [2.75, 3.05) is 0 Å². The van der Waals surface area contributed by atoms with Crippen molar-refractivity contribution in [1.82, 2.24) is 0 Å². The van der Waals surface area contributed by atoms with Gasteiger partial charge >= 0.3 is 0 Å². The Bertz CT molecular complexity index is 2590. The molecule has 4 aromatic carbocycles. The number of rotatable bonds is 7. The third kappa shape index (κ3) is 42.0. The molecule has 0 fully saturated rings. The van der Waals surface area contributed by atoms with Gasteiger partial charge in [-0.25, -0.2) is 0 Å². The number of benzene rings is 4. The van der Waals surface area contributed by atoms with E-state index in [-0.39, 0.29) is 38.9 Å². The second-order valence-electron chi connectivity index (χ2n) is 37.1. The molecule has 0 aliphatic carbocycles. The first-order chi connectivity index (χ1) is 41.0. The molecule has 90 heavy (non-hydrogen) atoms. The molecule has 0 atom stereocenters. The van der Waals surface area contributed by atoms with Gasteiger partial charge in [0, 0.05) is 19.0 Å². The van der Waals surface area contributed by atoms with Gasteiger partial charge in [-0.2, -0.15) is 5.26 Å². The Hall–Kier alpha value is -3.41. The Labute approximate surface area is 575 Å². The van der Waals surface area contributed by atoms with Gasteiger partial charge in [0.2, 0.25) is 0 Å². The first kappa shape index (κ1) is 86.6. The van der Waals surface area contributed by atoms with Crippen LogP contribution in [0.3, 0.4) is 0 Å². The summed E-state index contributed by atoms with van der Waals surface area (Å²) in [7, 11) is -0.859. The molecule has 0 saturated heterocycles. The monoisotopic (exact) mass is 1260 g/mol. The topological polar surface area (TPSA) is 23.8 Å². The standard InChI is InChI=1S/C19H32.2C16H26.C10H14.C7H18Si.C7H16.C5H9N.2C4H10/c1-12(2)15-10-16(13(3)4)18(19(7,8)9)17(11-15)14(5)6;2*1-11(2)13-9-8-10-14(12(3)4)15(13)16(5,6)7;1-10(2,3)9-7-5-4-6-8-9;1-7(2,3)8(4,5)6;1-6(2)7(3,4)5;1-5(2,3)4-6;2*1-4(2)3/h10-14H,1-9H3;2*8-12H,1-7H3;4-8H,1-3H3;1-6H3;6H,1-5H3;1-3H3;2*4H,1-3H3/i;11D,12D;;;;6D;;4D;. The molecule has 522 valence electrons. The van der Waals surface area contributed by atoms with Gasteiger partial charge in [0.05, 0.1) is 6.07 Å². The maximum Gasteiger partial charge on any atom is 0.0680 e. The number of nitrogens with zero attached hydrogens (tertiary/aromatic N) is 1. The van der Waals surface area contributed by atoms with Crippen LogP contribution in [0.4, 0.5) is 0 Å². The maximum atomic E-state index is 8.33. The lowest BCUT2D eigenvalue weighted by Gasteiger charge is -2.32. The highest BCUT2D eigenvalue weighted by Crippen LogP contribution is 2.41. The summed E-state index contributed by atoms with van der Waals surface area (Å²) in [5, 5.41) is 8.73. The van der Waals surface area contributed by atoms with Gasteiger partial charge in [-0.05, 0) is 173 Å². The molecule has 4 rings (SSSR count). The minimum atomic E-state index is -0.859. The van der Waals surface area contributed by atoms with Gasteiger partial charge in [0.15, 0.2) is 0 Å². The van der Waals surface area contributed by atoms with Crippen LogP contribution >= 0.6 is 0 Å². The Kier molecular flexibility index (Phi) is 39.9. The molecule has 0 amide bonds. The van der Waals surface area contributed by atoms with E-state index >= 15 is 0 Å². The average molecular weight is 1270 g/mol. The van der Waals surface area contributed by atoms with Crippen molar-refractivity contribution in [2.24, 2.45) is 28.5 Å². The molecule has 0 aromatic heterocycles. The van der Waals surface area contributed by atoms with E-state index in [0.717, 1.165) is 22.6 Å². The smallest absolute Gasteiger partial charge is 0.0680 e. The predicted molar refractivity (Wildman–Crippen MR) is 423 cm³/mol. The van der Waals surface area contributed by atoms with Crippen molar-refractivity contribution in [1.29, 1.82) is 5.26 Å². The van der Waals surface area contributed by atoms with E-state index in [9.17, 15) is 0 Å². The molecule has 0 radical (unpaired) electrons. The van der Waals surface area contributed by atoms with E-state index in [0.29, 0.717) is 40.0 Å². The second kappa shape index (κ2) is 41.4. The van der Waals surface area contributed by atoms with Crippen molar-refractivity contribution in [2.45, 2.75) is 385 Å². The number of hydrogen-bond acceptors (Lipinski definition) is 1. The molecule has 0 bridgehead atoms. The van der Waals surface area contributed by atoms with E-state index < -0.39 is 19.9 Å². The minimum Gasteiger partial charge on any atom is -0.198 e. The Balaban J connectivity index is -0.000000330. The van der Waals surface area contributed by atoms with Crippen LogP contribution in [0, 0.1) is 39.9 Å². The van der Waals surface area contributed by atoms with Crippen molar-refractivity contribution in [3.8, 4) is 6.07 Å². The molecule has 0 aliphatic rings. The van der Waals surface area contributed by atoms with Crippen molar-refractivity contribution < 1.29 is 5.48 Å². The van der Waals surface area contributed by atoms with Gasteiger partial charge in [0.1, 0.15) is 0 Å². The predicted octanol–water partition coefficient (Wildman–Crippen LogP) is 30.5. The van der Waals surface area contributed by atoms with Crippen molar-refractivity contribution >= 4 is 8.07 Å². The molecule has 0 N–H and O–H groups in total. The summed E-state index contributed by atoms with van der Waals surface area (Å²) >= 11 is 0. The van der Waals surface area contributed by atoms with Crippen LogP contribution in [0.25, 0.3) is 0 Å². The van der Waals surface area contributed by atoms with E-state index in [4.69, 9.17) is 10.7 Å². The van der Waals surface area contributed by atoms with Crippen LogP contribution in [-0.4, -0.2) is 8.07 Å². The first-order valence-corrected chi connectivity index (χ1v) is 38.5. The molecule has 0 saturated carbocycles.